The molecule has 0 radical (unpaired) electrons. The summed E-state index contributed by atoms with van der Waals surface area (Å²) < 4.78 is 31.9. The van der Waals surface area contributed by atoms with Gasteiger partial charge in [-0.1, -0.05) is 11.6 Å². The van der Waals surface area contributed by atoms with Gasteiger partial charge in [0.15, 0.2) is 0 Å². The quantitative estimate of drug-likeness (QED) is 0.909. The molecule has 0 saturated heterocycles. The van der Waals surface area contributed by atoms with Crippen LogP contribution in [0.15, 0.2) is 22.7 Å². The molecule has 0 bridgehead atoms. The van der Waals surface area contributed by atoms with Crippen molar-refractivity contribution in [1.82, 2.24) is 5.16 Å². The van der Waals surface area contributed by atoms with Crippen LogP contribution >= 0.6 is 0 Å². The Morgan fingerprint density at radius 3 is 2.40 bits per heavy atom. The van der Waals surface area contributed by atoms with E-state index in [4.69, 9.17) is 10.3 Å². The molecule has 2 saturated carbocycles. The van der Waals surface area contributed by atoms with Crippen LogP contribution in [0.25, 0.3) is 11.1 Å². The van der Waals surface area contributed by atoms with Crippen LogP contribution in [0, 0.1) is 23.5 Å². The summed E-state index contributed by atoms with van der Waals surface area (Å²) in [6, 6.07) is 3.39. The molecule has 20 heavy (non-hydrogen) atoms. The number of anilines is 1. The van der Waals surface area contributed by atoms with Crippen molar-refractivity contribution in [2.24, 2.45) is 11.8 Å². The van der Waals surface area contributed by atoms with Crippen LogP contribution in [0.4, 0.5) is 14.7 Å². The molecule has 2 N–H and O–H groups in total. The van der Waals surface area contributed by atoms with Crippen LogP contribution in [-0.4, -0.2) is 5.16 Å². The summed E-state index contributed by atoms with van der Waals surface area (Å²) in [5.41, 5.74) is 7.54. The maximum absolute atomic E-state index is 13.4. The van der Waals surface area contributed by atoms with E-state index in [9.17, 15) is 8.78 Å². The van der Waals surface area contributed by atoms with E-state index < -0.39 is 11.6 Å². The van der Waals surface area contributed by atoms with Gasteiger partial charge >= 0.3 is 0 Å². The fourth-order valence-electron chi connectivity index (χ4n) is 3.76. The molecule has 5 heteroatoms. The lowest BCUT2D eigenvalue weighted by Gasteiger charge is -2.05. The Kier molecular flexibility index (Phi) is 2.40. The summed E-state index contributed by atoms with van der Waals surface area (Å²) in [6.07, 6.45) is 3.64. The Hall–Kier alpha value is -1.91. The normalized spacial score (nSPS) is 27.6. The molecule has 104 valence electrons. The van der Waals surface area contributed by atoms with Crippen LogP contribution in [0.1, 0.15) is 30.9 Å². The minimum absolute atomic E-state index is 0.134. The minimum Gasteiger partial charge on any atom is -0.367 e. The van der Waals surface area contributed by atoms with Crippen LogP contribution < -0.4 is 5.73 Å². The second kappa shape index (κ2) is 4.04. The summed E-state index contributed by atoms with van der Waals surface area (Å²) in [7, 11) is 0. The van der Waals surface area contributed by atoms with Gasteiger partial charge in [0.05, 0.1) is 11.3 Å². The van der Waals surface area contributed by atoms with E-state index in [-0.39, 0.29) is 5.88 Å². The van der Waals surface area contributed by atoms with Gasteiger partial charge in [0.25, 0.3) is 0 Å². The Labute approximate surface area is 114 Å². The van der Waals surface area contributed by atoms with Crippen molar-refractivity contribution in [2.45, 2.75) is 25.2 Å². The molecule has 2 aliphatic carbocycles. The Morgan fingerprint density at radius 2 is 1.75 bits per heavy atom. The largest absolute Gasteiger partial charge is 0.367 e. The van der Waals surface area contributed by atoms with Gasteiger partial charge in [-0.2, -0.15) is 0 Å². The van der Waals surface area contributed by atoms with Gasteiger partial charge in [-0.25, -0.2) is 8.78 Å². The molecule has 0 aliphatic heterocycles. The summed E-state index contributed by atoms with van der Waals surface area (Å²) >= 11 is 0. The maximum atomic E-state index is 13.4. The first-order valence-electron chi connectivity index (χ1n) is 6.86. The predicted molar refractivity (Wildman–Crippen MR) is 69.8 cm³/mol. The highest BCUT2D eigenvalue weighted by atomic mass is 19.1. The molecule has 2 aromatic rings. The molecular formula is C15H14F2N2O. The van der Waals surface area contributed by atoms with Crippen LogP contribution in [-0.2, 0) is 0 Å². The van der Waals surface area contributed by atoms with E-state index in [1.165, 1.54) is 31.4 Å². The number of aromatic nitrogens is 1. The number of fused-ring (bicyclic) bond motifs is 1. The van der Waals surface area contributed by atoms with Crippen LogP contribution in [0.5, 0.6) is 0 Å². The van der Waals surface area contributed by atoms with Crippen LogP contribution in [0.2, 0.25) is 0 Å². The van der Waals surface area contributed by atoms with Crippen molar-refractivity contribution >= 4 is 5.88 Å². The zero-order valence-electron chi connectivity index (χ0n) is 10.8. The van der Waals surface area contributed by atoms with E-state index >= 15 is 0 Å². The van der Waals surface area contributed by atoms with Crippen molar-refractivity contribution in [3.8, 4) is 11.1 Å². The van der Waals surface area contributed by atoms with E-state index in [1.54, 1.807) is 0 Å². The highest BCUT2D eigenvalue weighted by Crippen LogP contribution is 2.64. The molecule has 3 nitrogen and oxygen atoms in total. The smallest absolute Gasteiger partial charge is 0.230 e. The number of nitrogen functional groups attached to an aromatic ring is 1. The molecule has 1 aromatic carbocycles. The van der Waals surface area contributed by atoms with Gasteiger partial charge in [-0.05, 0) is 42.4 Å². The summed E-state index contributed by atoms with van der Waals surface area (Å²) in [4.78, 5) is 0. The predicted octanol–water partition coefficient (Wildman–Crippen LogP) is 3.72. The molecule has 1 heterocycles. The van der Waals surface area contributed by atoms with Gasteiger partial charge < -0.3 is 10.3 Å². The lowest BCUT2D eigenvalue weighted by atomic mass is 9.99. The Morgan fingerprint density at radius 1 is 1.10 bits per heavy atom. The van der Waals surface area contributed by atoms with Crippen molar-refractivity contribution in [1.29, 1.82) is 0 Å². The van der Waals surface area contributed by atoms with E-state index in [1.807, 2.05) is 0 Å². The molecule has 0 amide bonds. The third kappa shape index (κ3) is 1.65. The summed E-state index contributed by atoms with van der Waals surface area (Å²) in [5.74, 6) is 0.500. The number of hydrogen-bond donors (Lipinski definition) is 1. The molecule has 2 unspecified atom stereocenters. The van der Waals surface area contributed by atoms with Crippen molar-refractivity contribution in [2.75, 3.05) is 5.73 Å². The molecular weight excluding hydrogens is 262 g/mol. The average Bonchev–Trinajstić information content (AvgIpc) is 2.75. The number of hydrogen-bond acceptors (Lipinski definition) is 3. The van der Waals surface area contributed by atoms with Gasteiger partial charge in [0.2, 0.25) is 5.88 Å². The minimum atomic E-state index is -0.623. The number of nitrogens with two attached hydrogens (primary N) is 1. The zero-order chi connectivity index (χ0) is 13.9. The monoisotopic (exact) mass is 276 g/mol. The van der Waals surface area contributed by atoms with Crippen LogP contribution in [0.3, 0.4) is 0 Å². The number of rotatable bonds is 2. The zero-order valence-corrected chi connectivity index (χ0v) is 10.8. The lowest BCUT2D eigenvalue weighted by molar-refractivity contribution is 0.424. The number of halogens is 2. The van der Waals surface area contributed by atoms with E-state index in [0.29, 0.717) is 28.9 Å². The van der Waals surface area contributed by atoms with E-state index in [2.05, 4.69) is 5.16 Å². The standard InChI is InChI=1S/C15H14F2N2O/c16-8-4-7(5-9(17)6-8)12-14(19-20-15(12)18)13-10-2-1-3-11(10)13/h4-6,10-11,13H,1-3,18H2. The van der Waals surface area contributed by atoms with E-state index in [0.717, 1.165) is 11.8 Å². The first kappa shape index (κ1) is 11.9. The second-order valence-corrected chi connectivity index (χ2v) is 5.75. The highest BCUT2D eigenvalue weighted by Gasteiger charge is 2.55. The third-order valence-electron chi connectivity index (χ3n) is 4.62. The maximum Gasteiger partial charge on any atom is 0.230 e. The molecule has 0 spiro atoms. The SMILES string of the molecule is Nc1onc(C2C3CCCC32)c1-c1cc(F)cc(F)c1. The summed E-state index contributed by atoms with van der Waals surface area (Å²) in [5, 5.41) is 4.05. The molecule has 1 aromatic heterocycles. The second-order valence-electron chi connectivity index (χ2n) is 5.75. The molecule has 4 rings (SSSR count). The topological polar surface area (TPSA) is 52.0 Å². The molecule has 2 aliphatic rings. The highest BCUT2D eigenvalue weighted by molar-refractivity contribution is 5.76. The third-order valence-corrected chi connectivity index (χ3v) is 4.62. The van der Waals surface area contributed by atoms with Gasteiger partial charge in [0.1, 0.15) is 11.6 Å². The molecule has 2 fully saturated rings. The van der Waals surface area contributed by atoms with Gasteiger partial charge in [0, 0.05) is 12.0 Å². The fourth-order valence-corrected chi connectivity index (χ4v) is 3.76. The van der Waals surface area contributed by atoms with Gasteiger partial charge in [-0.15, -0.1) is 0 Å². The molecule has 2 atom stereocenters. The average molecular weight is 276 g/mol. The Balaban J connectivity index is 1.80. The number of nitrogens with zero attached hydrogens (tertiary/aromatic N) is 1. The Bertz CT molecular complexity index is 652. The number of benzene rings is 1. The van der Waals surface area contributed by atoms with Crippen molar-refractivity contribution in [3.05, 3.63) is 35.5 Å². The fraction of sp³-hybridized carbons (Fsp3) is 0.400. The van der Waals surface area contributed by atoms with Crippen molar-refractivity contribution < 1.29 is 13.3 Å². The summed E-state index contributed by atoms with van der Waals surface area (Å²) in [6.45, 7) is 0. The lowest BCUT2D eigenvalue weighted by Crippen LogP contribution is -1.94. The van der Waals surface area contributed by atoms with Gasteiger partial charge in [-0.3, -0.25) is 0 Å². The first-order chi connectivity index (χ1) is 9.65. The first-order valence-corrected chi connectivity index (χ1v) is 6.86. The van der Waals surface area contributed by atoms with Crippen molar-refractivity contribution in [3.63, 3.8) is 0 Å².